The Hall–Kier alpha value is -7.82. The summed E-state index contributed by atoms with van der Waals surface area (Å²) < 4.78 is 124. The lowest BCUT2D eigenvalue weighted by atomic mass is 10.0. The Morgan fingerprint density at radius 1 is 0.345 bits per heavy atom. The number of benzene rings is 9. The number of nitrogens with zero attached hydrogens (tertiary/aromatic N) is 4. The zero-order chi connectivity index (χ0) is 49.5. The molecule has 0 saturated carbocycles. The van der Waals surface area contributed by atoms with Crippen molar-refractivity contribution in [2.45, 2.75) is 0 Å². The van der Waals surface area contributed by atoms with Crippen LogP contribution in [-0.2, 0) is 0 Å². The van der Waals surface area contributed by atoms with Gasteiger partial charge in [0.15, 0.2) is 0 Å². The van der Waals surface area contributed by atoms with E-state index in [0.29, 0.717) is 11.4 Å². The fourth-order valence-electron chi connectivity index (χ4n) is 8.47. The Bertz CT molecular complexity index is 4180. The summed E-state index contributed by atoms with van der Waals surface area (Å²) in [6, 6.07) is 38.3. The van der Waals surface area contributed by atoms with Crippen molar-refractivity contribution >= 4 is 94.0 Å². The van der Waals surface area contributed by atoms with Gasteiger partial charge in [-0.2, -0.15) is 0 Å². The Morgan fingerprint density at radius 3 is 1.47 bits per heavy atom. The number of fused-ring (bicyclic) bond motifs is 5. The first-order valence-corrected chi connectivity index (χ1v) is 18.8. The van der Waals surface area contributed by atoms with Gasteiger partial charge >= 0.3 is 0 Å². The molecule has 0 N–H and O–H groups in total. The van der Waals surface area contributed by atoms with Gasteiger partial charge in [-0.1, -0.05) is 121 Å². The molecule has 0 saturated heterocycles. The van der Waals surface area contributed by atoms with Gasteiger partial charge in [0.05, 0.1) is 45.4 Å². The van der Waals surface area contributed by atoms with Crippen LogP contribution >= 0.6 is 0 Å². The number of hydrogen-bond acceptors (Lipinski definition) is 2. The summed E-state index contributed by atoms with van der Waals surface area (Å²) in [5, 5.41) is -0.354. The van der Waals surface area contributed by atoms with Crippen molar-refractivity contribution < 1.29 is 17.8 Å². The normalized spacial score (nSPS) is 14.9. The third kappa shape index (κ3) is 4.82. The SMILES string of the molecule is [2H]c1c([2H])c([2H])c2c(c1[2H])c1c([2H])c([2H])c([2H])c3c4c([2H])c([2H])c([2H])c5c4c4c(c([2H])c([2H])c([2H])c4n2c31)n5-c1cccc(N(c2ccccc2)c2cccc(N(c3ccccc3)c3ccccc3)c2)c1. The molecule has 3 aromatic heterocycles. The lowest BCUT2D eigenvalue weighted by molar-refractivity contribution is 1.17. The molecule has 4 heteroatoms. The molecule has 9 aromatic carbocycles. The third-order valence-electron chi connectivity index (χ3n) is 10.8. The van der Waals surface area contributed by atoms with Crippen molar-refractivity contribution in [1.29, 1.82) is 0 Å². The molecule has 0 aliphatic heterocycles. The topological polar surface area (TPSA) is 15.8 Å². The highest BCUT2D eigenvalue weighted by molar-refractivity contribution is 6.31. The minimum Gasteiger partial charge on any atom is -0.310 e. The molecule has 0 amide bonds. The first-order chi connectivity index (χ1) is 34.2. The maximum absolute atomic E-state index is 9.66. The van der Waals surface area contributed by atoms with E-state index in [9.17, 15) is 12.3 Å². The third-order valence-corrected chi connectivity index (χ3v) is 10.8. The highest BCUT2D eigenvalue weighted by Crippen LogP contribution is 2.45. The number of hydrogen-bond donors (Lipinski definition) is 0. The van der Waals surface area contributed by atoms with Crippen LogP contribution in [-0.4, -0.2) is 8.97 Å². The van der Waals surface area contributed by atoms with E-state index in [-0.39, 0.29) is 59.9 Å². The molecule has 0 aliphatic rings. The Balaban J connectivity index is 1.22. The Labute approximate surface area is 353 Å². The second kappa shape index (κ2) is 12.9. The van der Waals surface area contributed by atoms with Crippen molar-refractivity contribution in [2.24, 2.45) is 0 Å². The van der Waals surface area contributed by atoms with Gasteiger partial charge < -0.3 is 18.8 Å². The summed E-state index contributed by atoms with van der Waals surface area (Å²) in [6.45, 7) is 0. The molecule has 0 unspecified atom stereocenters. The van der Waals surface area contributed by atoms with Crippen molar-refractivity contribution in [1.82, 2.24) is 8.97 Å². The van der Waals surface area contributed by atoms with E-state index in [1.165, 1.54) is 4.40 Å². The molecule has 0 bridgehead atoms. The maximum Gasteiger partial charge on any atom is 0.0645 e. The van der Waals surface area contributed by atoms with Gasteiger partial charge in [-0.15, -0.1) is 0 Å². The summed E-state index contributed by atoms with van der Waals surface area (Å²) in [7, 11) is 0. The van der Waals surface area contributed by atoms with E-state index >= 15 is 0 Å². The molecule has 12 aromatic rings. The molecule has 12 rings (SSSR count). The monoisotopic (exact) mass is 753 g/mol. The molecule has 58 heavy (non-hydrogen) atoms. The first-order valence-electron chi connectivity index (χ1n) is 25.3. The lowest BCUT2D eigenvalue weighted by Crippen LogP contribution is -2.13. The van der Waals surface area contributed by atoms with Crippen LogP contribution in [0.25, 0.3) is 65.6 Å². The molecular weight excluding hydrogens is 705 g/mol. The molecule has 0 spiro atoms. The van der Waals surface area contributed by atoms with E-state index in [2.05, 4.69) is 15.9 Å². The minimum atomic E-state index is -0.622. The van der Waals surface area contributed by atoms with Crippen molar-refractivity contribution in [3.05, 3.63) is 218 Å². The van der Waals surface area contributed by atoms with Crippen LogP contribution in [0.2, 0.25) is 0 Å². The molecular formula is C54H36N4. The van der Waals surface area contributed by atoms with Crippen LogP contribution in [0.15, 0.2) is 218 Å². The highest BCUT2D eigenvalue weighted by Gasteiger charge is 2.23. The predicted molar refractivity (Wildman–Crippen MR) is 245 cm³/mol. The number of rotatable bonds is 7. The first kappa shape index (κ1) is 22.1. The zero-order valence-corrected chi connectivity index (χ0v) is 30.6. The Kier molecular flexibility index (Phi) is 4.89. The molecule has 4 nitrogen and oxygen atoms in total. The maximum atomic E-state index is 9.66. The largest absolute Gasteiger partial charge is 0.310 e. The lowest BCUT2D eigenvalue weighted by Gasteiger charge is -2.29. The van der Waals surface area contributed by atoms with Gasteiger partial charge in [-0.3, -0.25) is 0 Å². The van der Waals surface area contributed by atoms with Gasteiger partial charge in [0.2, 0.25) is 0 Å². The summed E-state index contributed by atoms with van der Waals surface area (Å²) in [5.74, 6) is 0. The minimum absolute atomic E-state index is 0.00916. The number of anilines is 6. The van der Waals surface area contributed by atoms with Crippen LogP contribution in [0.3, 0.4) is 0 Å². The molecule has 0 aliphatic carbocycles. The highest BCUT2D eigenvalue weighted by atomic mass is 15.2. The summed E-state index contributed by atoms with van der Waals surface area (Å²) in [4.78, 5) is 4.21. The van der Waals surface area contributed by atoms with Crippen LogP contribution in [0.1, 0.15) is 17.8 Å². The smallest absolute Gasteiger partial charge is 0.0645 e. The van der Waals surface area contributed by atoms with Gasteiger partial charge in [0.1, 0.15) is 0 Å². The predicted octanol–water partition coefficient (Wildman–Crippen LogP) is 14.9. The average molecular weight is 754 g/mol. The molecule has 0 fully saturated rings. The van der Waals surface area contributed by atoms with Gasteiger partial charge in [0, 0.05) is 66.7 Å². The standard InChI is InChI=1S/C54H36N4/c1-4-17-37(18-5-1)55(38-19-6-2-7-20-38)40-23-12-24-41(35-40)56(39-21-8-3-9-22-39)42-25-13-26-43(36-42)57-49-32-15-28-45-47-30-14-29-46-44-27-10-11-31-48(44)58(54(46)47)51-34-16-33-50(57)53(51)52(45)49/h1-36H/i10D,11D,14D,15D,16D,27D,28D,29D,30D,31D,32D,33D,34D. The number of para-hydroxylation sites is 5. The molecule has 0 radical (unpaired) electrons. The summed E-state index contributed by atoms with van der Waals surface area (Å²) in [6.07, 6.45) is 0. The van der Waals surface area contributed by atoms with Crippen LogP contribution < -0.4 is 9.80 Å². The second-order valence-corrected chi connectivity index (χ2v) is 14.0. The molecule has 0 atom stereocenters. The Morgan fingerprint density at radius 2 is 0.793 bits per heavy atom. The van der Waals surface area contributed by atoms with Crippen molar-refractivity contribution in [3.63, 3.8) is 0 Å². The van der Waals surface area contributed by atoms with Crippen molar-refractivity contribution in [3.8, 4) is 5.69 Å². The van der Waals surface area contributed by atoms with Crippen molar-refractivity contribution in [2.75, 3.05) is 9.80 Å². The van der Waals surface area contributed by atoms with Gasteiger partial charge in [-0.05, 0) is 102 Å². The van der Waals surface area contributed by atoms with Crippen LogP contribution in [0.4, 0.5) is 34.1 Å². The van der Waals surface area contributed by atoms with Gasteiger partial charge in [-0.25, -0.2) is 0 Å². The van der Waals surface area contributed by atoms with E-state index in [0.717, 1.165) is 28.4 Å². The fourth-order valence-corrected chi connectivity index (χ4v) is 8.47. The quantitative estimate of drug-likeness (QED) is 0.161. The van der Waals surface area contributed by atoms with Crippen LogP contribution in [0.5, 0.6) is 0 Å². The second-order valence-electron chi connectivity index (χ2n) is 14.0. The van der Waals surface area contributed by atoms with E-state index in [1.807, 2.05) is 127 Å². The summed E-state index contributed by atoms with van der Waals surface area (Å²) >= 11 is 0. The molecule has 3 heterocycles. The zero-order valence-electron chi connectivity index (χ0n) is 43.6. The fraction of sp³-hybridized carbons (Fsp3) is 0. The number of aromatic nitrogens is 2. The molecule has 272 valence electrons. The average Bonchev–Trinajstić information content (AvgIpc) is 3.88. The van der Waals surface area contributed by atoms with E-state index < -0.39 is 78.6 Å². The summed E-state index contributed by atoms with van der Waals surface area (Å²) in [5.41, 5.74) is 5.00. The van der Waals surface area contributed by atoms with E-state index in [1.54, 1.807) is 10.6 Å². The van der Waals surface area contributed by atoms with Gasteiger partial charge in [0.25, 0.3) is 0 Å². The van der Waals surface area contributed by atoms with Crippen LogP contribution in [0, 0.1) is 0 Å². The van der Waals surface area contributed by atoms with E-state index in [4.69, 9.17) is 5.48 Å².